The minimum Gasteiger partial charge on any atom is -0.354 e. The fraction of sp³-hybridized carbons (Fsp3) is 0.250. The van der Waals surface area contributed by atoms with E-state index in [-0.39, 0.29) is 25.4 Å². The highest BCUT2D eigenvalue weighted by Crippen LogP contribution is 2.26. The molecule has 0 atom stereocenters. The average Bonchev–Trinajstić information content (AvgIpc) is 2.98. The van der Waals surface area contributed by atoms with Crippen LogP contribution < -0.4 is 11.0 Å². The molecule has 0 radical (unpaired) electrons. The summed E-state index contributed by atoms with van der Waals surface area (Å²) >= 11 is 0. The summed E-state index contributed by atoms with van der Waals surface area (Å²) in [6.07, 6.45) is -4.59. The molecule has 0 spiro atoms. The van der Waals surface area contributed by atoms with Gasteiger partial charge in [0.05, 0.1) is 13.0 Å². The normalized spacial score (nSPS) is 11.4. The lowest BCUT2D eigenvalue weighted by atomic mass is 10.0. The minimum atomic E-state index is -4.71. The molecule has 3 rings (SSSR count). The molecule has 0 unspecified atom stereocenters. The summed E-state index contributed by atoms with van der Waals surface area (Å²) in [5.41, 5.74) is 2.02. The zero-order valence-corrected chi connectivity index (χ0v) is 15.6. The lowest BCUT2D eigenvalue weighted by molar-refractivity contribution is -0.147. The summed E-state index contributed by atoms with van der Waals surface area (Å²) in [6, 6.07) is 17.3. The molecule has 0 saturated carbocycles. The van der Waals surface area contributed by atoms with Crippen molar-refractivity contribution in [1.82, 2.24) is 19.7 Å². The number of benzene rings is 2. The van der Waals surface area contributed by atoms with Crippen LogP contribution in [0.5, 0.6) is 0 Å². The van der Waals surface area contributed by atoms with Crippen molar-refractivity contribution in [1.29, 1.82) is 0 Å². The maximum Gasteiger partial charge on any atom is 0.451 e. The van der Waals surface area contributed by atoms with E-state index in [1.165, 1.54) is 0 Å². The molecule has 2 aromatic carbocycles. The van der Waals surface area contributed by atoms with Gasteiger partial charge in [-0.1, -0.05) is 54.6 Å². The van der Waals surface area contributed by atoms with Gasteiger partial charge >= 0.3 is 11.9 Å². The van der Waals surface area contributed by atoms with Gasteiger partial charge in [0.2, 0.25) is 11.7 Å². The molecular weight excluding hydrogens is 385 g/mol. The standard InChI is InChI=1S/C20H19F3N4O2/c1-26-18(20(21,22)23)25-27(19(26)29)12-11-24-17(28)13-14-7-9-16(10-8-14)15-5-3-2-4-6-15/h2-10H,11-13H2,1H3,(H,24,28). The number of rotatable bonds is 6. The maximum absolute atomic E-state index is 12.8. The molecule has 0 aliphatic carbocycles. The number of halogens is 3. The Bertz CT molecular complexity index is 1040. The van der Waals surface area contributed by atoms with Crippen LogP contribution in [-0.4, -0.2) is 26.8 Å². The number of nitrogens with zero attached hydrogens (tertiary/aromatic N) is 3. The molecule has 29 heavy (non-hydrogen) atoms. The molecule has 0 saturated heterocycles. The Morgan fingerprint density at radius 1 is 1.03 bits per heavy atom. The van der Waals surface area contributed by atoms with Crippen LogP contribution in [0.4, 0.5) is 13.2 Å². The van der Waals surface area contributed by atoms with Gasteiger partial charge in [-0.25, -0.2) is 9.48 Å². The van der Waals surface area contributed by atoms with Crippen molar-refractivity contribution in [2.45, 2.75) is 19.1 Å². The first-order chi connectivity index (χ1) is 13.8. The monoisotopic (exact) mass is 404 g/mol. The van der Waals surface area contributed by atoms with Crippen LogP contribution in [0.15, 0.2) is 59.4 Å². The van der Waals surface area contributed by atoms with Crippen molar-refractivity contribution in [3.63, 3.8) is 0 Å². The van der Waals surface area contributed by atoms with Crippen molar-refractivity contribution >= 4 is 5.91 Å². The fourth-order valence-corrected chi connectivity index (χ4v) is 2.88. The van der Waals surface area contributed by atoms with E-state index in [0.29, 0.717) is 9.25 Å². The number of hydrogen-bond acceptors (Lipinski definition) is 3. The van der Waals surface area contributed by atoms with Gasteiger partial charge in [0.25, 0.3) is 0 Å². The number of hydrogen-bond donors (Lipinski definition) is 1. The second-order valence-corrected chi connectivity index (χ2v) is 6.48. The van der Waals surface area contributed by atoms with Gasteiger partial charge in [-0.2, -0.15) is 13.2 Å². The highest BCUT2D eigenvalue weighted by molar-refractivity contribution is 5.78. The zero-order valence-electron chi connectivity index (χ0n) is 15.6. The van der Waals surface area contributed by atoms with E-state index in [1.54, 1.807) is 0 Å². The first kappa shape index (κ1) is 20.4. The third-order valence-electron chi connectivity index (χ3n) is 4.37. The second kappa shape index (κ2) is 8.34. The SMILES string of the molecule is Cn1c(C(F)(F)F)nn(CCNC(=O)Cc2ccc(-c3ccccc3)cc2)c1=O. The lowest BCUT2D eigenvalue weighted by Crippen LogP contribution is -2.32. The van der Waals surface area contributed by atoms with E-state index in [4.69, 9.17) is 0 Å². The molecule has 1 N–H and O–H groups in total. The predicted octanol–water partition coefficient (Wildman–Crippen LogP) is 2.63. The molecule has 3 aromatic rings. The van der Waals surface area contributed by atoms with E-state index < -0.39 is 17.7 Å². The Balaban J connectivity index is 1.54. The summed E-state index contributed by atoms with van der Waals surface area (Å²) in [4.78, 5) is 23.9. The predicted molar refractivity (Wildman–Crippen MR) is 101 cm³/mol. The summed E-state index contributed by atoms with van der Waals surface area (Å²) in [5.74, 6) is -1.56. The number of nitrogens with one attached hydrogen (secondary N) is 1. The zero-order chi connectivity index (χ0) is 21.0. The van der Waals surface area contributed by atoms with Gasteiger partial charge < -0.3 is 5.32 Å². The third kappa shape index (κ3) is 4.92. The molecule has 152 valence electrons. The Labute approximate surface area is 164 Å². The van der Waals surface area contributed by atoms with Gasteiger partial charge in [0.1, 0.15) is 0 Å². The number of carbonyl (C=O) groups is 1. The fourth-order valence-electron chi connectivity index (χ4n) is 2.88. The maximum atomic E-state index is 12.8. The van der Waals surface area contributed by atoms with E-state index in [9.17, 15) is 22.8 Å². The van der Waals surface area contributed by atoms with Crippen molar-refractivity contribution in [3.8, 4) is 11.1 Å². The number of carbonyl (C=O) groups excluding carboxylic acids is 1. The summed E-state index contributed by atoms with van der Waals surface area (Å²) in [5, 5.41) is 5.88. The van der Waals surface area contributed by atoms with E-state index in [0.717, 1.165) is 23.7 Å². The number of amides is 1. The summed E-state index contributed by atoms with van der Waals surface area (Å²) in [7, 11) is 1.01. The van der Waals surface area contributed by atoms with E-state index in [2.05, 4.69) is 10.4 Å². The van der Waals surface area contributed by atoms with Crippen LogP contribution in [-0.2, 0) is 31.0 Å². The highest BCUT2D eigenvalue weighted by atomic mass is 19.4. The second-order valence-electron chi connectivity index (χ2n) is 6.48. The molecule has 1 heterocycles. The number of alkyl halides is 3. The summed E-state index contributed by atoms with van der Waals surface area (Å²) in [6.45, 7) is -0.156. The Morgan fingerprint density at radius 3 is 2.24 bits per heavy atom. The van der Waals surface area contributed by atoms with E-state index in [1.807, 2.05) is 54.6 Å². The van der Waals surface area contributed by atoms with Gasteiger partial charge in [-0.15, -0.1) is 5.10 Å². The van der Waals surface area contributed by atoms with Crippen molar-refractivity contribution in [2.24, 2.45) is 7.05 Å². The first-order valence-electron chi connectivity index (χ1n) is 8.88. The van der Waals surface area contributed by atoms with Crippen LogP contribution in [0.25, 0.3) is 11.1 Å². The molecule has 1 aromatic heterocycles. The van der Waals surface area contributed by atoms with Gasteiger partial charge in [0.15, 0.2) is 0 Å². The number of aromatic nitrogens is 3. The van der Waals surface area contributed by atoms with Gasteiger partial charge in [-0.05, 0) is 16.7 Å². The van der Waals surface area contributed by atoms with Crippen LogP contribution in [0.2, 0.25) is 0 Å². The van der Waals surface area contributed by atoms with Gasteiger partial charge in [0, 0.05) is 13.6 Å². The molecule has 1 amide bonds. The van der Waals surface area contributed by atoms with Crippen molar-refractivity contribution in [2.75, 3.05) is 6.54 Å². The van der Waals surface area contributed by atoms with Crippen molar-refractivity contribution in [3.05, 3.63) is 76.5 Å². The molecule has 0 bridgehead atoms. The average molecular weight is 404 g/mol. The van der Waals surface area contributed by atoms with Gasteiger partial charge in [-0.3, -0.25) is 9.36 Å². The van der Waals surface area contributed by atoms with Crippen LogP contribution in [0, 0.1) is 0 Å². The molecule has 6 nitrogen and oxygen atoms in total. The molecular formula is C20H19F3N4O2. The smallest absolute Gasteiger partial charge is 0.354 e. The Kier molecular flexibility index (Phi) is 5.86. The van der Waals surface area contributed by atoms with Crippen LogP contribution >= 0.6 is 0 Å². The topological polar surface area (TPSA) is 68.9 Å². The first-order valence-corrected chi connectivity index (χ1v) is 8.88. The van der Waals surface area contributed by atoms with E-state index >= 15 is 0 Å². The van der Waals surface area contributed by atoms with Crippen LogP contribution in [0.1, 0.15) is 11.4 Å². The minimum absolute atomic E-state index is 0.00481. The Hall–Kier alpha value is -3.36. The van der Waals surface area contributed by atoms with Crippen LogP contribution in [0.3, 0.4) is 0 Å². The molecule has 9 heteroatoms. The lowest BCUT2D eigenvalue weighted by Gasteiger charge is -2.06. The molecule has 0 fully saturated rings. The molecule has 0 aliphatic heterocycles. The summed E-state index contributed by atoms with van der Waals surface area (Å²) < 4.78 is 39.4. The van der Waals surface area contributed by atoms with Crippen molar-refractivity contribution < 1.29 is 18.0 Å². The highest BCUT2D eigenvalue weighted by Gasteiger charge is 2.37. The quantitative estimate of drug-likeness (QED) is 0.687. The Morgan fingerprint density at radius 2 is 1.66 bits per heavy atom. The molecule has 0 aliphatic rings. The largest absolute Gasteiger partial charge is 0.451 e. The third-order valence-corrected chi connectivity index (χ3v) is 4.37.